The van der Waals surface area contributed by atoms with Crippen molar-refractivity contribution < 1.29 is 4.74 Å². The molecule has 0 bridgehead atoms. The summed E-state index contributed by atoms with van der Waals surface area (Å²) >= 11 is 0. The molecule has 1 fully saturated rings. The average Bonchev–Trinajstić information content (AvgIpc) is 2.32. The van der Waals surface area contributed by atoms with Crippen molar-refractivity contribution in [2.45, 2.75) is 38.1 Å². The Hall–Kier alpha value is -0.730. The normalized spacial score (nSPS) is 41.1. The first-order valence-electron chi connectivity index (χ1n) is 4.68. The molecule has 2 N–H and O–H groups in total. The van der Waals surface area contributed by atoms with Gasteiger partial charge >= 0.3 is 0 Å². The van der Waals surface area contributed by atoms with E-state index in [-0.39, 0.29) is 5.54 Å². The Balaban J connectivity index is 2.10. The fourth-order valence-corrected chi connectivity index (χ4v) is 2.37. The second-order valence-electron chi connectivity index (χ2n) is 4.16. The molecule has 1 aliphatic carbocycles. The summed E-state index contributed by atoms with van der Waals surface area (Å²) in [6.07, 6.45) is 4.89. The van der Waals surface area contributed by atoms with Gasteiger partial charge in [-0.1, -0.05) is 19.8 Å². The Labute approximate surface area is 73.0 Å². The third-order valence-corrected chi connectivity index (χ3v) is 2.90. The van der Waals surface area contributed by atoms with Crippen molar-refractivity contribution in [2.24, 2.45) is 16.6 Å². The van der Waals surface area contributed by atoms with Crippen molar-refractivity contribution in [3.63, 3.8) is 0 Å². The van der Waals surface area contributed by atoms with E-state index in [1.807, 2.05) is 0 Å². The van der Waals surface area contributed by atoms with E-state index in [2.05, 4.69) is 11.9 Å². The highest BCUT2D eigenvalue weighted by Crippen LogP contribution is 2.37. The standard InChI is InChI=1S/C9H16N2O/c1-7-3-2-4-9(5-7)6-12-8(10)11-9/h7H,2-6H2,1H3,(H2,10,11). The smallest absolute Gasteiger partial charge is 0.282 e. The third kappa shape index (κ3) is 1.28. The molecule has 2 rings (SSSR count). The van der Waals surface area contributed by atoms with Crippen molar-refractivity contribution in [1.29, 1.82) is 0 Å². The number of ether oxygens (including phenoxy) is 1. The topological polar surface area (TPSA) is 47.6 Å². The summed E-state index contributed by atoms with van der Waals surface area (Å²) in [5.41, 5.74) is 5.57. The van der Waals surface area contributed by atoms with Gasteiger partial charge in [0, 0.05) is 0 Å². The van der Waals surface area contributed by atoms with Gasteiger partial charge in [-0.25, -0.2) is 4.99 Å². The monoisotopic (exact) mass is 168 g/mol. The van der Waals surface area contributed by atoms with Crippen LogP contribution in [0.4, 0.5) is 0 Å². The second kappa shape index (κ2) is 2.64. The summed E-state index contributed by atoms with van der Waals surface area (Å²) in [4.78, 5) is 4.40. The van der Waals surface area contributed by atoms with E-state index < -0.39 is 0 Å². The molecule has 12 heavy (non-hydrogen) atoms. The van der Waals surface area contributed by atoms with E-state index in [1.54, 1.807) is 0 Å². The summed E-state index contributed by atoms with van der Waals surface area (Å²) in [6, 6.07) is 0.393. The minimum atomic E-state index is 0.0573. The number of rotatable bonds is 0. The molecule has 0 radical (unpaired) electrons. The molecule has 0 saturated heterocycles. The summed E-state index contributed by atoms with van der Waals surface area (Å²) in [5, 5.41) is 0. The fraction of sp³-hybridized carbons (Fsp3) is 0.889. The molecule has 0 aromatic carbocycles. The van der Waals surface area contributed by atoms with Crippen LogP contribution in [-0.4, -0.2) is 18.2 Å². The van der Waals surface area contributed by atoms with Crippen LogP contribution in [0.2, 0.25) is 0 Å². The van der Waals surface area contributed by atoms with Crippen LogP contribution in [0.5, 0.6) is 0 Å². The number of nitrogens with two attached hydrogens (primary N) is 1. The van der Waals surface area contributed by atoms with Gasteiger partial charge in [-0.3, -0.25) is 0 Å². The average molecular weight is 168 g/mol. The summed E-state index contributed by atoms with van der Waals surface area (Å²) in [6.45, 7) is 2.99. The van der Waals surface area contributed by atoms with Crippen molar-refractivity contribution in [1.82, 2.24) is 0 Å². The predicted molar refractivity (Wildman–Crippen MR) is 47.9 cm³/mol. The molecule has 1 saturated carbocycles. The van der Waals surface area contributed by atoms with Crippen LogP contribution in [0.25, 0.3) is 0 Å². The zero-order valence-electron chi connectivity index (χ0n) is 7.55. The molecule has 2 atom stereocenters. The fourth-order valence-electron chi connectivity index (χ4n) is 2.37. The molecular formula is C9H16N2O. The van der Waals surface area contributed by atoms with E-state index in [1.165, 1.54) is 12.8 Å². The number of nitrogens with zero attached hydrogens (tertiary/aromatic N) is 1. The van der Waals surface area contributed by atoms with Gasteiger partial charge in [-0.15, -0.1) is 0 Å². The quantitative estimate of drug-likeness (QED) is 0.592. The largest absolute Gasteiger partial charge is 0.463 e. The molecule has 68 valence electrons. The maximum Gasteiger partial charge on any atom is 0.282 e. The Morgan fingerprint density at radius 1 is 1.67 bits per heavy atom. The van der Waals surface area contributed by atoms with Crippen molar-refractivity contribution >= 4 is 6.02 Å². The number of hydrogen-bond acceptors (Lipinski definition) is 3. The molecule has 0 aromatic heterocycles. The molecule has 0 aromatic rings. The lowest BCUT2D eigenvalue weighted by atomic mass is 9.77. The molecular weight excluding hydrogens is 152 g/mol. The highest BCUT2D eigenvalue weighted by molar-refractivity contribution is 5.73. The van der Waals surface area contributed by atoms with Gasteiger partial charge in [-0.05, 0) is 18.8 Å². The van der Waals surface area contributed by atoms with Crippen LogP contribution in [0.15, 0.2) is 4.99 Å². The Kier molecular flexibility index (Phi) is 1.74. The van der Waals surface area contributed by atoms with E-state index >= 15 is 0 Å². The molecule has 2 unspecified atom stereocenters. The van der Waals surface area contributed by atoms with Gasteiger partial charge in [0.1, 0.15) is 12.1 Å². The lowest BCUT2D eigenvalue weighted by Gasteiger charge is -2.32. The predicted octanol–water partition coefficient (Wildman–Crippen LogP) is 1.28. The maximum atomic E-state index is 5.51. The third-order valence-electron chi connectivity index (χ3n) is 2.90. The van der Waals surface area contributed by atoms with E-state index in [0.717, 1.165) is 18.8 Å². The zero-order valence-corrected chi connectivity index (χ0v) is 7.55. The van der Waals surface area contributed by atoms with E-state index in [4.69, 9.17) is 10.5 Å². The van der Waals surface area contributed by atoms with Crippen LogP contribution in [0.3, 0.4) is 0 Å². The highest BCUT2D eigenvalue weighted by Gasteiger charge is 2.39. The highest BCUT2D eigenvalue weighted by atomic mass is 16.5. The summed E-state index contributed by atoms with van der Waals surface area (Å²) in [7, 11) is 0. The van der Waals surface area contributed by atoms with Crippen LogP contribution >= 0.6 is 0 Å². The molecule has 1 aliphatic heterocycles. The van der Waals surface area contributed by atoms with E-state index in [0.29, 0.717) is 12.6 Å². The minimum Gasteiger partial charge on any atom is -0.463 e. The van der Waals surface area contributed by atoms with Gasteiger partial charge in [0.25, 0.3) is 6.02 Å². The van der Waals surface area contributed by atoms with Crippen LogP contribution in [0.1, 0.15) is 32.6 Å². The first-order chi connectivity index (χ1) is 5.70. The van der Waals surface area contributed by atoms with Crippen LogP contribution in [0, 0.1) is 5.92 Å². The molecule has 1 spiro atoms. The van der Waals surface area contributed by atoms with Crippen LogP contribution in [-0.2, 0) is 4.74 Å². The molecule has 3 nitrogen and oxygen atoms in total. The molecule has 3 heteroatoms. The lowest BCUT2D eigenvalue weighted by Crippen LogP contribution is -2.34. The second-order valence-corrected chi connectivity index (χ2v) is 4.16. The SMILES string of the molecule is CC1CCCC2(COC(N)=N2)C1. The Morgan fingerprint density at radius 2 is 2.50 bits per heavy atom. The van der Waals surface area contributed by atoms with Gasteiger partial charge in [-0.2, -0.15) is 0 Å². The first kappa shape index (κ1) is 7.90. The maximum absolute atomic E-state index is 5.51. The van der Waals surface area contributed by atoms with Gasteiger partial charge in [0.05, 0.1) is 0 Å². The Bertz CT molecular complexity index is 215. The van der Waals surface area contributed by atoms with Gasteiger partial charge < -0.3 is 10.5 Å². The first-order valence-corrected chi connectivity index (χ1v) is 4.68. The number of aliphatic imine (C=N–C) groups is 1. The van der Waals surface area contributed by atoms with Crippen molar-refractivity contribution in [3.05, 3.63) is 0 Å². The van der Waals surface area contributed by atoms with Crippen molar-refractivity contribution in [3.8, 4) is 0 Å². The number of hydrogen-bond donors (Lipinski definition) is 1. The Morgan fingerprint density at radius 3 is 3.08 bits per heavy atom. The minimum absolute atomic E-state index is 0.0573. The zero-order chi connectivity index (χ0) is 8.60. The summed E-state index contributed by atoms with van der Waals surface area (Å²) < 4.78 is 5.22. The van der Waals surface area contributed by atoms with Gasteiger partial charge in [0.2, 0.25) is 0 Å². The lowest BCUT2D eigenvalue weighted by molar-refractivity contribution is 0.177. The number of amidine groups is 1. The van der Waals surface area contributed by atoms with Gasteiger partial charge in [0.15, 0.2) is 0 Å². The van der Waals surface area contributed by atoms with Crippen LogP contribution < -0.4 is 5.73 Å². The molecule has 0 amide bonds. The summed E-state index contributed by atoms with van der Waals surface area (Å²) in [5.74, 6) is 0.775. The molecule has 1 heterocycles. The molecule has 2 aliphatic rings. The van der Waals surface area contributed by atoms with Crippen molar-refractivity contribution in [2.75, 3.05) is 6.61 Å². The van der Waals surface area contributed by atoms with E-state index in [9.17, 15) is 0 Å².